The summed E-state index contributed by atoms with van der Waals surface area (Å²) < 4.78 is 32.2. The number of nitrogens with zero attached hydrogens (tertiary/aromatic N) is 1. The van der Waals surface area contributed by atoms with E-state index >= 15 is 0 Å². The summed E-state index contributed by atoms with van der Waals surface area (Å²) in [5.74, 6) is -2.42. The molecule has 0 aromatic heterocycles. The summed E-state index contributed by atoms with van der Waals surface area (Å²) in [5, 5.41) is 4.73. The number of nitrogens with two attached hydrogens (primary N) is 1. The number of ether oxygens (including phenoxy) is 1. The molecular weight excluding hydrogens is 514 g/mol. The highest BCUT2D eigenvalue weighted by Gasteiger charge is 2.62. The summed E-state index contributed by atoms with van der Waals surface area (Å²) in [5.41, 5.74) is 3.16. The lowest BCUT2D eigenvalue weighted by Crippen LogP contribution is -2.60. The monoisotopic (exact) mass is 555 g/mol. The zero-order valence-electron chi connectivity index (χ0n) is 23.0. The first-order chi connectivity index (χ1) is 17.3. The summed E-state index contributed by atoms with van der Waals surface area (Å²) >= 11 is 0. The Kier molecular flexibility index (Phi) is 7.97. The molecule has 2 aliphatic carbocycles. The third kappa shape index (κ3) is 6.66. The van der Waals surface area contributed by atoms with E-state index in [1.165, 1.54) is 11.0 Å². The molecule has 1 aliphatic heterocycles. The molecule has 1 heterocycles. The van der Waals surface area contributed by atoms with Crippen molar-refractivity contribution >= 4 is 33.8 Å². The third-order valence-electron chi connectivity index (χ3n) is 6.94. The van der Waals surface area contributed by atoms with Gasteiger partial charge in [-0.2, -0.15) is 0 Å². The van der Waals surface area contributed by atoms with Crippen molar-refractivity contribution in [1.82, 2.24) is 20.3 Å². The summed E-state index contributed by atoms with van der Waals surface area (Å²) in [7, 11) is -3.82. The summed E-state index contributed by atoms with van der Waals surface area (Å²) in [4.78, 5) is 54.0. The first-order valence-corrected chi connectivity index (χ1v) is 14.4. The number of amides is 4. The van der Waals surface area contributed by atoms with E-state index in [-0.39, 0.29) is 19.4 Å². The van der Waals surface area contributed by atoms with Crippen LogP contribution in [0.15, 0.2) is 12.7 Å². The van der Waals surface area contributed by atoms with Gasteiger partial charge in [-0.05, 0) is 51.9 Å². The fourth-order valence-electron chi connectivity index (χ4n) is 4.62. The van der Waals surface area contributed by atoms with Crippen molar-refractivity contribution < 1.29 is 32.3 Å². The van der Waals surface area contributed by atoms with Crippen molar-refractivity contribution in [2.24, 2.45) is 17.1 Å². The quantitative estimate of drug-likeness (QED) is 0.313. The highest BCUT2D eigenvalue weighted by molar-refractivity contribution is 7.91. The van der Waals surface area contributed by atoms with Crippen LogP contribution in [0.1, 0.15) is 67.2 Å². The molecule has 0 bridgehead atoms. The number of likely N-dealkylation sites (tertiary alicyclic amines) is 1. The van der Waals surface area contributed by atoms with Gasteiger partial charge in [-0.1, -0.05) is 26.8 Å². The van der Waals surface area contributed by atoms with Gasteiger partial charge < -0.3 is 26.0 Å². The van der Waals surface area contributed by atoms with E-state index in [1.807, 2.05) is 0 Å². The van der Waals surface area contributed by atoms with Crippen LogP contribution < -0.4 is 21.1 Å². The maximum absolute atomic E-state index is 13.7. The molecule has 3 fully saturated rings. The van der Waals surface area contributed by atoms with Crippen LogP contribution in [0.2, 0.25) is 0 Å². The lowest BCUT2D eigenvalue weighted by Gasteiger charge is -2.36. The molecule has 0 aromatic carbocycles. The minimum Gasteiger partial charge on any atom is -0.444 e. The van der Waals surface area contributed by atoms with Crippen LogP contribution in [-0.4, -0.2) is 78.2 Å². The van der Waals surface area contributed by atoms with Gasteiger partial charge in [0, 0.05) is 18.5 Å². The van der Waals surface area contributed by atoms with Crippen molar-refractivity contribution in [2.75, 3.05) is 6.54 Å². The molecule has 5 atom stereocenters. The predicted octanol–water partition coefficient (Wildman–Crippen LogP) is 0.523. The van der Waals surface area contributed by atoms with E-state index in [0.717, 1.165) is 0 Å². The van der Waals surface area contributed by atoms with Crippen LogP contribution in [0.25, 0.3) is 0 Å². The van der Waals surface area contributed by atoms with Crippen molar-refractivity contribution in [3.8, 4) is 0 Å². The Morgan fingerprint density at radius 2 is 1.74 bits per heavy atom. The van der Waals surface area contributed by atoms with Gasteiger partial charge in [-0.25, -0.2) is 13.2 Å². The molecule has 13 heteroatoms. The van der Waals surface area contributed by atoms with Gasteiger partial charge in [-0.3, -0.25) is 19.1 Å². The largest absolute Gasteiger partial charge is 0.444 e. The third-order valence-corrected chi connectivity index (χ3v) is 8.76. The Balaban J connectivity index is 1.79. The highest BCUT2D eigenvalue weighted by Crippen LogP contribution is 2.45. The summed E-state index contributed by atoms with van der Waals surface area (Å²) in [6, 6.07) is -2.55. The highest BCUT2D eigenvalue weighted by atomic mass is 32.2. The fourth-order valence-corrected chi connectivity index (χ4v) is 5.98. The molecule has 0 aromatic rings. The van der Waals surface area contributed by atoms with Gasteiger partial charge in [-0.15, -0.1) is 6.58 Å². The van der Waals surface area contributed by atoms with Crippen molar-refractivity contribution in [3.63, 3.8) is 0 Å². The zero-order valence-corrected chi connectivity index (χ0v) is 23.8. The maximum Gasteiger partial charge on any atom is 0.408 e. The molecule has 38 heavy (non-hydrogen) atoms. The van der Waals surface area contributed by atoms with E-state index in [9.17, 15) is 27.6 Å². The number of nitrogens with one attached hydrogen (secondary N) is 3. The first kappa shape index (κ1) is 29.9. The number of carbonyl (C=O) groups is 4. The van der Waals surface area contributed by atoms with E-state index in [1.54, 1.807) is 41.5 Å². The average molecular weight is 556 g/mol. The first-order valence-electron chi connectivity index (χ1n) is 12.9. The molecule has 2 saturated carbocycles. The number of sulfonamides is 1. The number of carbonyl (C=O) groups excluding carboxylic acids is 4. The zero-order chi connectivity index (χ0) is 28.8. The van der Waals surface area contributed by atoms with E-state index < -0.39 is 79.7 Å². The summed E-state index contributed by atoms with van der Waals surface area (Å²) in [6.07, 6.45) is 2.01. The number of rotatable bonds is 8. The van der Waals surface area contributed by atoms with Gasteiger partial charge in [0.05, 0.1) is 5.25 Å². The molecule has 1 saturated heterocycles. The van der Waals surface area contributed by atoms with Crippen LogP contribution in [-0.2, 0) is 29.1 Å². The predicted molar refractivity (Wildman–Crippen MR) is 140 cm³/mol. The van der Waals surface area contributed by atoms with Crippen molar-refractivity contribution in [3.05, 3.63) is 12.7 Å². The smallest absolute Gasteiger partial charge is 0.408 e. The lowest BCUT2D eigenvalue weighted by molar-refractivity contribution is -0.142. The van der Waals surface area contributed by atoms with Gasteiger partial charge >= 0.3 is 6.09 Å². The average Bonchev–Trinajstić information content (AvgIpc) is 3.66. The molecule has 3 rings (SSSR count). The molecule has 3 aliphatic rings. The molecule has 4 amide bonds. The second kappa shape index (κ2) is 10.1. The van der Waals surface area contributed by atoms with Gasteiger partial charge in [0.1, 0.15) is 23.2 Å². The molecule has 12 nitrogen and oxygen atoms in total. The van der Waals surface area contributed by atoms with Crippen LogP contribution >= 0.6 is 0 Å². The van der Waals surface area contributed by atoms with E-state index in [2.05, 4.69) is 21.9 Å². The summed E-state index contributed by atoms with van der Waals surface area (Å²) in [6.45, 7) is 14.2. The molecule has 0 spiro atoms. The Morgan fingerprint density at radius 1 is 1.13 bits per heavy atom. The standard InChI is InChI=1S/C25H41N5O7S/c1-8-14-12-25(14,21(33)29-38(35,36)16-9-10-16)28-19(31)17-11-15(26)13-30(17)20(32)18(23(2,3)4)27-22(34)37-24(5,6)7/h8,14-18H,1,9-13,26H2,2-7H3,(H,27,34)(H,28,31)(H,29,33)/t14?,15-,17+,18-,25?/m1/s1. The van der Waals surface area contributed by atoms with E-state index in [4.69, 9.17) is 10.5 Å². The minimum atomic E-state index is -3.82. The normalized spacial score (nSPS) is 28.2. The van der Waals surface area contributed by atoms with Crippen LogP contribution in [0, 0.1) is 11.3 Å². The second-order valence-corrected chi connectivity index (χ2v) is 14.6. The Labute approximate surface area is 224 Å². The number of hydrogen-bond donors (Lipinski definition) is 4. The molecule has 2 unspecified atom stereocenters. The van der Waals surface area contributed by atoms with Gasteiger partial charge in [0.25, 0.3) is 5.91 Å². The van der Waals surface area contributed by atoms with Crippen molar-refractivity contribution in [2.45, 2.75) is 102 Å². The second-order valence-electron chi connectivity index (χ2n) is 12.6. The molecule has 0 radical (unpaired) electrons. The number of alkyl carbamates (subject to hydrolysis) is 1. The molecular formula is C25H41N5O7S. The van der Waals surface area contributed by atoms with Crippen molar-refractivity contribution in [1.29, 1.82) is 0 Å². The maximum atomic E-state index is 13.7. The SMILES string of the molecule is C=CC1CC1(NC(=O)[C@@H]1C[C@@H](N)CN1C(=O)[C@@H](NC(=O)OC(C)(C)C)C(C)(C)C)C(=O)NS(=O)(=O)C1CC1. The van der Waals surface area contributed by atoms with Crippen LogP contribution in [0.3, 0.4) is 0 Å². The Morgan fingerprint density at radius 3 is 2.21 bits per heavy atom. The number of hydrogen-bond acceptors (Lipinski definition) is 8. The molecule has 214 valence electrons. The molecule has 5 N–H and O–H groups in total. The van der Waals surface area contributed by atoms with Crippen LogP contribution in [0.4, 0.5) is 4.79 Å². The minimum absolute atomic E-state index is 0.0691. The Hall–Kier alpha value is -2.67. The fraction of sp³-hybridized carbons (Fsp3) is 0.760. The topological polar surface area (TPSA) is 177 Å². The van der Waals surface area contributed by atoms with Gasteiger partial charge in [0.15, 0.2) is 0 Å². The Bertz CT molecular complexity index is 1110. The van der Waals surface area contributed by atoms with Crippen LogP contribution in [0.5, 0.6) is 0 Å². The lowest BCUT2D eigenvalue weighted by atomic mass is 9.85. The van der Waals surface area contributed by atoms with Gasteiger partial charge in [0.2, 0.25) is 21.8 Å². The van der Waals surface area contributed by atoms with E-state index in [0.29, 0.717) is 12.8 Å².